The number of nitrogens with one attached hydrogen (secondary N) is 1. The van der Waals surface area contributed by atoms with Gasteiger partial charge in [0.25, 0.3) is 0 Å². The van der Waals surface area contributed by atoms with Crippen LogP contribution in [0.5, 0.6) is 28.7 Å². The third-order valence-electron chi connectivity index (χ3n) is 9.96. The number of rotatable bonds is 7. The molecule has 3 fully saturated rings. The molecule has 2 amide bonds. The lowest BCUT2D eigenvalue weighted by Gasteiger charge is -2.38. The normalized spacial score (nSPS) is 24.1. The zero-order valence-corrected chi connectivity index (χ0v) is 25.7. The lowest BCUT2D eigenvalue weighted by atomic mass is 9.67. The van der Waals surface area contributed by atoms with Crippen molar-refractivity contribution >= 4 is 18.0 Å². The zero-order chi connectivity index (χ0) is 31.1. The Hall–Kier alpha value is -4.19. The predicted molar refractivity (Wildman–Crippen MR) is 160 cm³/mol. The smallest absolute Gasteiger partial charge is 0.413 e. The van der Waals surface area contributed by atoms with Crippen molar-refractivity contribution in [2.45, 2.75) is 44.1 Å². The topological polar surface area (TPSA) is 125 Å². The number of benzene rings is 2. The maximum absolute atomic E-state index is 13.0. The Morgan fingerprint density at radius 3 is 2.31 bits per heavy atom. The molecule has 3 heterocycles. The monoisotopic (exact) mass is 621 g/mol. The number of methoxy groups -OCH3 is 2. The van der Waals surface area contributed by atoms with Crippen LogP contribution in [0.15, 0.2) is 24.3 Å². The van der Waals surface area contributed by atoms with E-state index in [1.165, 1.54) is 39.9 Å². The van der Waals surface area contributed by atoms with Gasteiger partial charge in [0.1, 0.15) is 6.54 Å². The van der Waals surface area contributed by atoms with Crippen LogP contribution in [0.4, 0.5) is 4.79 Å². The minimum Gasteiger partial charge on any atom is -0.493 e. The summed E-state index contributed by atoms with van der Waals surface area (Å²) in [4.78, 5) is 43.1. The summed E-state index contributed by atoms with van der Waals surface area (Å²) in [5.74, 6) is 0.708. The summed E-state index contributed by atoms with van der Waals surface area (Å²) in [5, 5.41) is 2.58. The number of cyclic esters (lactones) is 1. The summed E-state index contributed by atoms with van der Waals surface area (Å²) < 4.78 is 33.8. The minimum atomic E-state index is -0.799. The van der Waals surface area contributed by atoms with E-state index in [9.17, 15) is 14.4 Å². The molecule has 0 bridgehead atoms. The fourth-order valence-corrected chi connectivity index (χ4v) is 7.68. The molecular formula is C33H39N3O9. The van der Waals surface area contributed by atoms with Crippen molar-refractivity contribution in [3.05, 3.63) is 41.0 Å². The summed E-state index contributed by atoms with van der Waals surface area (Å²) in [6.45, 7) is 3.33. The maximum atomic E-state index is 13.0. The molecule has 2 aliphatic carbocycles. The van der Waals surface area contributed by atoms with Crippen molar-refractivity contribution in [1.29, 1.82) is 0 Å². The Balaban J connectivity index is 1.07. The van der Waals surface area contributed by atoms with Crippen LogP contribution in [0, 0.1) is 11.8 Å². The summed E-state index contributed by atoms with van der Waals surface area (Å²) in [6.07, 6.45) is 4.93. The van der Waals surface area contributed by atoms with Crippen LogP contribution in [-0.2, 0) is 20.7 Å². The predicted octanol–water partition coefficient (Wildman–Crippen LogP) is 3.08. The van der Waals surface area contributed by atoms with Gasteiger partial charge in [-0.2, -0.15) is 0 Å². The van der Waals surface area contributed by atoms with E-state index in [0.717, 1.165) is 29.8 Å². The van der Waals surface area contributed by atoms with E-state index in [0.29, 0.717) is 43.7 Å². The highest BCUT2D eigenvalue weighted by Crippen LogP contribution is 2.52. The van der Waals surface area contributed by atoms with Crippen LogP contribution in [0.1, 0.15) is 48.3 Å². The van der Waals surface area contributed by atoms with Crippen LogP contribution in [0.25, 0.3) is 0 Å². The molecule has 2 saturated heterocycles. The number of carbonyl (C=O) groups is 3. The fourth-order valence-electron chi connectivity index (χ4n) is 7.68. The van der Waals surface area contributed by atoms with Gasteiger partial charge >= 0.3 is 12.1 Å². The van der Waals surface area contributed by atoms with Crippen LogP contribution < -0.4 is 29.0 Å². The number of amides is 2. The van der Waals surface area contributed by atoms with E-state index >= 15 is 0 Å². The molecule has 2 aromatic rings. The van der Waals surface area contributed by atoms with Gasteiger partial charge in [0, 0.05) is 44.1 Å². The van der Waals surface area contributed by atoms with Crippen molar-refractivity contribution < 1.29 is 42.8 Å². The number of esters is 1. The first-order valence-electron chi connectivity index (χ1n) is 15.8. The van der Waals surface area contributed by atoms with Crippen LogP contribution >= 0.6 is 0 Å². The van der Waals surface area contributed by atoms with Crippen LogP contribution in [0.3, 0.4) is 0 Å². The van der Waals surface area contributed by atoms with Gasteiger partial charge in [-0.15, -0.1) is 0 Å². The van der Waals surface area contributed by atoms with Gasteiger partial charge in [0.05, 0.1) is 26.7 Å². The first kappa shape index (κ1) is 29.5. The molecule has 0 unspecified atom stereocenters. The fraction of sp³-hybridized carbons (Fsp3) is 0.545. The Kier molecular flexibility index (Phi) is 8.07. The second-order valence-corrected chi connectivity index (χ2v) is 12.4. The molecule has 1 saturated carbocycles. The third-order valence-corrected chi connectivity index (χ3v) is 9.96. The Labute approximate surface area is 261 Å². The highest BCUT2D eigenvalue weighted by molar-refractivity contribution is 5.83. The Morgan fingerprint density at radius 2 is 1.62 bits per heavy atom. The second-order valence-electron chi connectivity index (χ2n) is 12.4. The van der Waals surface area contributed by atoms with Crippen molar-refractivity contribution in [3.63, 3.8) is 0 Å². The third kappa shape index (κ3) is 5.60. The quantitative estimate of drug-likeness (QED) is 0.461. The highest BCUT2D eigenvalue weighted by Gasteiger charge is 2.48. The molecular weight excluding hydrogens is 582 g/mol. The van der Waals surface area contributed by atoms with Gasteiger partial charge in [0.15, 0.2) is 23.0 Å². The number of fused-ring (bicyclic) bond motifs is 3. The highest BCUT2D eigenvalue weighted by atomic mass is 16.7. The number of ether oxygens (including phenoxy) is 6. The molecule has 0 radical (unpaired) electrons. The molecule has 3 aliphatic heterocycles. The summed E-state index contributed by atoms with van der Waals surface area (Å²) in [5.41, 5.74) is 2.75. The Morgan fingerprint density at radius 1 is 0.933 bits per heavy atom. The molecule has 1 N–H and O–H groups in total. The van der Waals surface area contributed by atoms with E-state index in [4.69, 9.17) is 28.4 Å². The van der Waals surface area contributed by atoms with E-state index in [2.05, 4.69) is 10.2 Å². The van der Waals surface area contributed by atoms with Gasteiger partial charge < -0.3 is 38.6 Å². The number of hydrogen-bond donors (Lipinski definition) is 1. The summed E-state index contributed by atoms with van der Waals surface area (Å²) in [6, 6.07) is 8.07. The molecule has 0 aromatic heterocycles. The van der Waals surface area contributed by atoms with Crippen LogP contribution in [-0.4, -0.2) is 94.2 Å². The van der Waals surface area contributed by atoms with Crippen molar-refractivity contribution in [2.24, 2.45) is 11.8 Å². The molecule has 2 aromatic carbocycles. The molecule has 7 rings (SSSR count). The number of piperazine rings is 1. The number of carbonyl (C=O) groups excluding carboxylic acids is 3. The molecule has 45 heavy (non-hydrogen) atoms. The molecule has 240 valence electrons. The van der Waals surface area contributed by atoms with E-state index in [1.54, 1.807) is 17.0 Å². The number of nitrogens with zero attached hydrogens (tertiary/aromatic N) is 2. The van der Waals surface area contributed by atoms with E-state index < -0.39 is 12.0 Å². The molecule has 12 nitrogen and oxygen atoms in total. The first-order valence-corrected chi connectivity index (χ1v) is 15.8. The zero-order valence-electron chi connectivity index (χ0n) is 25.7. The molecule has 0 spiro atoms. The molecule has 12 heteroatoms. The van der Waals surface area contributed by atoms with Crippen molar-refractivity contribution in [2.75, 3.05) is 60.3 Å². The van der Waals surface area contributed by atoms with E-state index in [-0.39, 0.29) is 54.3 Å². The summed E-state index contributed by atoms with van der Waals surface area (Å²) >= 11 is 0. The Bertz CT molecular complexity index is 1460. The lowest BCUT2D eigenvalue weighted by molar-refractivity contribution is -0.141. The lowest BCUT2D eigenvalue weighted by Crippen LogP contribution is -2.53. The SMILES string of the molecule is COc1cc([C@@H]2c3cc4c(cc3C[C@H]3COC(=O)[C@@H]32)OCO4)cc(OC)c1OC(=O)NCC(=O)N1CCN(C2CCCC2)CC1. The van der Waals surface area contributed by atoms with Crippen molar-refractivity contribution in [3.8, 4) is 28.7 Å². The standard InChI is InChI=1S/C33H39N3O9/c1-40-26-13-20(29-23-15-25-24(43-18-44-25)12-19(23)11-21-17-42-32(38)30(21)29)14-27(41-2)31(26)45-33(39)34-16-28(37)36-9-7-35(8-10-36)22-5-3-4-6-22/h12-15,21-22,29-30H,3-11,16-18H2,1-2H3,(H,34,39)/t21-,29+,30-/m0/s1. The van der Waals surface area contributed by atoms with Gasteiger partial charge in [0.2, 0.25) is 18.4 Å². The van der Waals surface area contributed by atoms with Crippen molar-refractivity contribution in [1.82, 2.24) is 15.1 Å². The van der Waals surface area contributed by atoms with E-state index in [1.807, 2.05) is 12.1 Å². The minimum absolute atomic E-state index is 0.00251. The second kappa shape index (κ2) is 12.3. The van der Waals surface area contributed by atoms with Gasteiger partial charge in [-0.25, -0.2) is 4.79 Å². The average Bonchev–Trinajstić information content (AvgIpc) is 3.84. The first-order chi connectivity index (χ1) is 21.9. The van der Waals surface area contributed by atoms with Crippen LogP contribution in [0.2, 0.25) is 0 Å². The summed E-state index contributed by atoms with van der Waals surface area (Å²) in [7, 11) is 2.94. The van der Waals surface area contributed by atoms with Gasteiger partial charge in [-0.3, -0.25) is 14.5 Å². The largest absolute Gasteiger partial charge is 0.493 e. The molecule has 5 aliphatic rings. The van der Waals surface area contributed by atoms with Gasteiger partial charge in [-0.1, -0.05) is 12.8 Å². The molecule has 3 atom stereocenters. The van der Waals surface area contributed by atoms with Gasteiger partial charge in [-0.05, 0) is 60.2 Å². The average molecular weight is 622 g/mol. The maximum Gasteiger partial charge on any atom is 0.413 e. The number of hydrogen-bond acceptors (Lipinski definition) is 10.